The molecule has 174 valence electrons. The van der Waals surface area contributed by atoms with Gasteiger partial charge in [0.25, 0.3) is 11.8 Å². The molecule has 2 heterocycles. The van der Waals surface area contributed by atoms with E-state index in [0.717, 1.165) is 12.2 Å². The molecule has 33 heavy (non-hydrogen) atoms. The number of carbonyl (C=O) groups is 2. The molecule has 0 bridgehead atoms. The van der Waals surface area contributed by atoms with Crippen LogP contribution in [0.15, 0.2) is 54.2 Å². The summed E-state index contributed by atoms with van der Waals surface area (Å²) in [4.78, 5) is 30.6. The van der Waals surface area contributed by atoms with Crippen LogP contribution in [0.1, 0.15) is 32.8 Å². The number of hydrogen-bond acceptors (Lipinski definition) is 6. The normalized spacial score (nSPS) is 21.1. The predicted octanol–water partition coefficient (Wildman–Crippen LogP) is 3.88. The van der Waals surface area contributed by atoms with Gasteiger partial charge in [0, 0.05) is 19.2 Å². The summed E-state index contributed by atoms with van der Waals surface area (Å²) in [7, 11) is 1.56. The first-order chi connectivity index (χ1) is 15.9. The van der Waals surface area contributed by atoms with Crippen LogP contribution in [0.3, 0.4) is 0 Å². The van der Waals surface area contributed by atoms with Crippen molar-refractivity contribution >= 4 is 23.1 Å². The monoisotopic (exact) mass is 450 g/mol. The summed E-state index contributed by atoms with van der Waals surface area (Å²) in [6.45, 7) is 7.69. The number of carbonyl (C=O) groups excluding carboxylic acids is 2. The summed E-state index contributed by atoms with van der Waals surface area (Å²) in [6, 6.07) is 14.4. The molecule has 0 aliphatic carbocycles. The Morgan fingerprint density at radius 1 is 0.970 bits per heavy atom. The van der Waals surface area contributed by atoms with Crippen molar-refractivity contribution < 1.29 is 23.8 Å². The Morgan fingerprint density at radius 2 is 1.67 bits per heavy atom. The van der Waals surface area contributed by atoms with Crippen molar-refractivity contribution in [1.29, 1.82) is 0 Å². The summed E-state index contributed by atoms with van der Waals surface area (Å²) in [6.07, 6.45) is 0.801. The topological polar surface area (TPSA) is 68.3 Å². The second-order valence-corrected chi connectivity index (χ2v) is 8.41. The predicted molar refractivity (Wildman–Crippen MR) is 126 cm³/mol. The molecule has 1 saturated heterocycles. The number of imide groups is 1. The van der Waals surface area contributed by atoms with Crippen LogP contribution in [0.4, 0.5) is 5.69 Å². The quantitative estimate of drug-likeness (QED) is 0.597. The lowest BCUT2D eigenvalue weighted by Gasteiger charge is -2.37. The van der Waals surface area contributed by atoms with Crippen molar-refractivity contribution in [1.82, 2.24) is 4.90 Å². The average Bonchev–Trinajstić information content (AvgIpc) is 3.07. The van der Waals surface area contributed by atoms with Crippen molar-refractivity contribution in [3.8, 4) is 11.5 Å². The van der Waals surface area contributed by atoms with Crippen LogP contribution in [0.25, 0.3) is 5.57 Å². The molecule has 0 N–H and O–H groups in total. The Labute approximate surface area is 194 Å². The van der Waals surface area contributed by atoms with E-state index in [9.17, 15) is 9.59 Å². The fraction of sp³-hybridized carbons (Fsp3) is 0.385. The van der Waals surface area contributed by atoms with Crippen molar-refractivity contribution in [3.05, 3.63) is 59.8 Å². The molecule has 7 heteroatoms. The van der Waals surface area contributed by atoms with Gasteiger partial charge < -0.3 is 19.1 Å². The van der Waals surface area contributed by atoms with Gasteiger partial charge in [-0.05, 0) is 50.1 Å². The summed E-state index contributed by atoms with van der Waals surface area (Å²) >= 11 is 0. The zero-order chi connectivity index (χ0) is 23.5. The number of methoxy groups -OCH3 is 1. The van der Waals surface area contributed by atoms with Crippen LogP contribution < -0.4 is 14.4 Å². The van der Waals surface area contributed by atoms with Crippen molar-refractivity contribution in [3.63, 3.8) is 0 Å². The second kappa shape index (κ2) is 9.67. The van der Waals surface area contributed by atoms with Crippen LogP contribution in [0.2, 0.25) is 0 Å². The van der Waals surface area contributed by atoms with E-state index in [4.69, 9.17) is 14.2 Å². The van der Waals surface area contributed by atoms with Crippen LogP contribution in [-0.2, 0) is 14.3 Å². The highest BCUT2D eigenvalue weighted by Crippen LogP contribution is 2.37. The lowest BCUT2D eigenvalue weighted by atomic mass is 10.0. The molecule has 2 unspecified atom stereocenters. The molecule has 0 radical (unpaired) electrons. The van der Waals surface area contributed by atoms with E-state index >= 15 is 0 Å². The summed E-state index contributed by atoms with van der Waals surface area (Å²) < 4.78 is 16.9. The van der Waals surface area contributed by atoms with Gasteiger partial charge >= 0.3 is 0 Å². The zero-order valence-electron chi connectivity index (χ0n) is 19.5. The van der Waals surface area contributed by atoms with E-state index in [1.807, 2.05) is 49.9 Å². The maximum atomic E-state index is 13.7. The number of anilines is 1. The second-order valence-electron chi connectivity index (χ2n) is 8.41. The third kappa shape index (κ3) is 4.59. The largest absolute Gasteiger partial charge is 0.497 e. The first-order valence-electron chi connectivity index (χ1n) is 11.3. The van der Waals surface area contributed by atoms with Crippen LogP contribution >= 0.6 is 0 Å². The molecule has 2 aromatic carbocycles. The molecule has 0 saturated carbocycles. The van der Waals surface area contributed by atoms with Gasteiger partial charge in [0.15, 0.2) is 0 Å². The van der Waals surface area contributed by atoms with E-state index in [1.165, 1.54) is 4.90 Å². The standard InChI is InChI=1S/C26H30N2O5/c1-5-13-32-21-11-9-19(10-12-21)23-24(27-15-17(2)33-18(3)16-27)26(30)28(25(23)29)20-7-6-8-22(14-20)31-4/h6-12,14,17-18H,5,13,15-16H2,1-4H3. The Kier molecular flexibility index (Phi) is 6.70. The molecule has 2 atom stereocenters. The van der Waals surface area contributed by atoms with Crippen LogP contribution in [-0.4, -0.2) is 55.7 Å². The zero-order valence-corrected chi connectivity index (χ0v) is 19.5. The number of morpholine rings is 1. The van der Waals surface area contributed by atoms with Gasteiger partial charge in [-0.15, -0.1) is 0 Å². The summed E-state index contributed by atoms with van der Waals surface area (Å²) in [5.41, 5.74) is 1.97. The fourth-order valence-electron chi connectivity index (χ4n) is 4.35. The van der Waals surface area contributed by atoms with Crippen LogP contribution in [0, 0.1) is 0 Å². The van der Waals surface area contributed by atoms with E-state index in [1.54, 1.807) is 31.4 Å². The summed E-state index contributed by atoms with van der Waals surface area (Å²) in [5.74, 6) is 0.625. The molecule has 1 fully saturated rings. The average molecular weight is 451 g/mol. The molecule has 2 amide bonds. The van der Waals surface area contributed by atoms with Gasteiger partial charge in [-0.25, -0.2) is 4.90 Å². The van der Waals surface area contributed by atoms with Gasteiger partial charge in [0.1, 0.15) is 17.2 Å². The molecule has 2 aliphatic rings. The van der Waals surface area contributed by atoms with Gasteiger partial charge in [-0.3, -0.25) is 9.59 Å². The third-order valence-corrected chi connectivity index (χ3v) is 5.72. The molecule has 4 rings (SSSR count). The first-order valence-corrected chi connectivity index (χ1v) is 11.3. The lowest BCUT2D eigenvalue weighted by Crippen LogP contribution is -2.47. The highest BCUT2D eigenvalue weighted by atomic mass is 16.5. The number of amides is 2. The number of benzene rings is 2. The van der Waals surface area contributed by atoms with Crippen molar-refractivity contribution in [2.45, 2.75) is 39.4 Å². The third-order valence-electron chi connectivity index (χ3n) is 5.72. The Bertz CT molecular complexity index is 1050. The maximum Gasteiger partial charge on any atom is 0.282 e. The highest BCUT2D eigenvalue weighted by Gasteiger charge is 2.44. The molecule has 0 spiro atoms. The molecule has 0 aromatic heterocycles. The van der Waals surface area contributed by atoms with Gasteiger partial charge in [-0.2, -0.15) is 0 Å². The number of rotatable bonds is 7. The van der Waals surface area contributed by atoms with E-state index < -0.39 is 0 Å². The Balaban J connectivity index is 1.77. The number of nitrogens with zero attached hydrogens (tertiary/aromatic N) is 2. The van der Waals surface area contributed by atoms with Gasteiger partial charge in [0.2, 0.25) is 0 Å². The molecular weight excluding hydrogens is 420 g/mol. The minimum Gasteiger partial charge on any atom is -0.497 e. The van der Waals surface area contributed by atoms with Gasteiger partial charge in [0.05, 0.1) is 37.2 Å². The van der Waals surface area contributed by atoms with Crippen LogP contribution in [0.5, 0.6) is 11.5 Å². The smallest absolute Gasteiger partial charge is 0.282 e. The van der Waals surface area contributed by atoms with E-state index in [0.29, 0.717) is 48.0 Å². The summed E-state index contributed by atoms with van der Waals surface area (Å²) in [5, 5.41) is 0. The van der Waals surface area contributed by atoms with Crippen molar-refractivity contribution in [2.75, 3.05) is 31.7 Å². The Morgan fingerprint density at radius 3 is 2.30 bits per heavy atom. The number of hydrogen-bond donors (Lipinski definition) is 0. The first kappa shape index (κ1) is 22.9. The van der Waals surface area contributed by atoms with Gasteiger partial charge in [-0.1, -0.05) is 25.1 Å². The lowest BCUT2D eigenvalue weighted by molar-refractivity contribution is -0.121. The number of ether oxygens (including phenoxy) is 3. The van der Waals surface area contributed by atoms with E-state index in [-0.39, 0.29) is 24.0 Å². The highest BCUT2D eigenvalue weighted by molar-refractivity contribution is 6.45. The maximum absolute atomic E-state index is 13.7. The minimum absolute atomic E-state index is 0.0545. The fourth-order valence-corrected chi connectivity index (χ4v) is 4.35. The molecular formula is C26H30N2O5. The van der Waals surface area contributed by atoms with E-state index in [2.05, 4.69) is 0 Å². The molecule has 7 nitrogen and oxygen atoms in total. The molecule has 2 aromatic rings. The minimum atomic E-state index is -0.350. The Hall–Kier alpha value is -3.32. The molecule has 2 aliphatic heterocycles. The SMILES string of the molecule is CCCOc1ccc(C2=C(N3CC(C)OC(C)C3)C(=O)N(c3cccc(OC)c3)C2=O)cc1. The van der Waals surface area contributed by atoms with Crippen molar-refractivity contribution in [2.24, 2.45) is 0 Å².